The summed E-state index contributed by atoms with van der Waals surface area (Å²) in [5.74, 6) is 0.572. The Morgan fingerprint density at radius 3 is 2.29 bits per heavy atom. The average molecular weight is 421 g/mol. The number of rotatable bonds is 6. The van der Waals surface area contributed by atoms with Crippen LogP contribution in [0.25, 0.3) is 0 Å². The molecule has 1 saturated heterocycles. The third-order valence-corrected chi connectivity index (χ3v) is 6.74. The van der Waals surface area contributed by atoms with E-state index in [1.807, 2.05) is 16.7 Å². The van der Waals surface area contributed by atoms with Crippen LogP contribution < -0.4 is 9.62 Å². The number of nitrogens with one attached hydrogen (secondary N) is 1. The molecule has 2 N–H and O–H groups in total. The Morgan fingerprint density at radius 1 is 1.07 bits per heavy atom. The number of anilines is 2. The number of carboxylic acid groups (broad SMARTS) is 1. The van der Waals surface area contributed by atoms with Crippen LogP contribution in [0.1, 0.15) is 27.6 Å². The van der Waals surface area contributed by atoms with Crippen molar-refractivity contribution in [2.75, 3.05) is 34.2 Å². The summed E-state index contributed by atoms with van der Waals surface area (Å²) in [5.41, 5.74) is 1.22. The van der Waals surface area contributed by atoms with Gasteiger partial charge in [0.1, 0.15) is 0 Å². The van der Waals surface area contributed by atoms with E-state index in [1.54, 1.807) is 12.1 Å². The van der Waals surface area contributed by atoms with Gasteiger partial charge in [-0.1, -0.05) is 12.1 Å². The Morgan fingerprint density at radius 2 is 1.71 bits per heavy atom. The molecule has 2 aromatic rings. The predicted molar refractivity (Wildman–Crippen MR) is 110 cm³/mol. The summed E-state index contributed by atoms with van der Waals surface area (Å²) in [5, 5.41) is 9.58. The van der Waals surface area contributed by atoms with Crippen molar-refractivity contribution < 1.29 is 23.1 Å². The van der Waals surface area contributed by atoms with E-state index < -0.39 is 16.0 Å². The van der Waals surface area contributed by atoms with Crippen molar-refractivity contribution in [3.63, 3.8) is 0 Å². The van der Waals surface area contributed by atoms with Gasteiger partial charge in [-0.15, -0.1) is 0 Å². The third-order valence-electron chi connectivity index (χ3n) is 4.40. The molecule has 0 atom stereocenters. The number of hydrogen-bond acceptors (Lipinski definition) is 6. The van der Waals surface area contributed by atoms with E-state index in [0.29, 0.717) is 11.3 Å². The Kier molecular flexibility index (Phi) is 5.95. The molecule has 2 aromatic carbocycles. The van der Waals surface area contributed by atoms with Crippen molar-refractivity contribution in [2.45, 2.75) is 11.8 Å². The summed E-state index contributed by atoms with van der Waals surface area (Å²) in [6, 6.07) is 10.1. The molecule has 0 amide bonds. The Hall–Kier alpha value is -2.52. The standard InChI is InChI=1S/C19H20N2O5S2/c1-13(22)14-2-5-16(6-3-14)28(25,26)20-15-4-7-18(17(12-15)19(23)24)21-8-10-27-11-9-21/h2-7,12,20H,8-11H2,1H3,(H,23,24). The minimum absolute atomic E-state index is 0.00786. The largest absolute Gasteiger partial charge is 0.478 e. The highest BCUT2D eigenvalue weighted by molar-refractivity contribution is 7.99. The van der Waals surface area contributed by atoms with E-state index in [9.17, 15) is 23.1 Å². The molecular formula is C19H20N2O5S2. The fraction of sp³-hybridized carbons (Fsp3) is 0.263. The van der Waals surface area contributed by atoms with Gasteiger partial charge in [-0.2, -0.15) is 11.8 Å². The molecule has 0 spiro atoms. The van der Waals surface area contributed by atoms with Gasteiger partial charge >= 0.3 is 5.97 Å². The zero-order valence-electron chi connectivity index (χ0n) is 15.2. The molecule has 0 bridgehead atoms. The average Bonchev–Trinajstić information content (AvgIpc) is 2.68. The summed E-state index contributed by atoms with van der Waals surface area (Å²) in [7, 11) is -3.91. The lowest BCUT2D eigenvalue weighted by atomic mass is 10.1. The van der Waals surface area contributed by atoms with Gasteiger partial charge < -0.3 is 10.0 Å². The van der Waals surface area contributed by atoms with Crippen LogP contribution in [-0.4, -0.2) is 49.9 Å². The Bertz CT molecular complexity index is 997. The maximum Gasteiger partial charge on any atom is 0.337 e. The molecular weight excluding hydrogens is 400 g/mol. The van der Waals surface area contributed by atoms with Crippen molar-refractivity contribution in [3.8, 4) is 0 Å². The molecule has 148 valence electrons. The topological polar surface area (TPSA) is 104 Å². The highest BCUT2D eigenvalue weighted by Gasteiger charge is 2.21. The summed E-state index contributed by atoms with van der Waals surface area (Å²) in [6.45, 7) is 2.90. The van der Waals surface area contributed by atoms with Crippen LogP contribution in [0.15, 0.2) is 47.4 Å². The first-order valence-corrected chi connectivity index (χ1v) is 11.3. The number of thioether (sulfide) groups is 1. The van der Waals surface area contributed by atoms with Crippen LogP contribution >= 0.6 is 11.8 Å². The molecule has 1 aliphatic rings. The molecule has 1 heterocycles. The molecule has 1 aliphatic heterocycles. The second-order valence-electron chi connectivity index (χ2n) is 6.32. The van der Waals surface area contributed by atoms with Gasteiger partial charge in [-0.05, 0) is 37.3 Å². The van der Waals surface area contributed by atoms with E-state index in [0.717, 1.165) is 24.6 Å². The second-order valence-corrected chi connectivity index (χ2v) is 9.23. The van der Waals surface area contributed by atoms with Crippen molar-refractivity contribution in [3.05, 3.63) is 53.6 Å². The van der Waals surface area contributed by atoms with Gasteiger partial charge in [-0.25, -0.2) is 13.2 Å². The first kappa shape index (κ1) is 20.2. The first-order valence-electron chi connectivity index (χ1n) is 8.62. The van der Waals surface area contributed by atoms with Gasteiger partial charge in [0.25, 0.3) is 10.0 Å². The van der Waals surface area contributed by atoms with Crippen LogP contribution in [0.4, 0.5) is 11.4 Å². The number of ketones is 1. The number of carbonyl (C=O) groups excluding carboxylic acids is 1. The maximum atomic E-state index is 12.6. The zero-order chi connectivity index (χ0) is 20.3. The van der Waals surface area contributed by atoms with Crippen LogP contribution in [-0.2, 0) is 10.0 Å². The second kappa shape index (κ2) is 8.24. The minimum atomic E-state index is -3.91. The van der Waals surface area contributed by atoms with Gasteiger partial charge in [0.05, 0.1) is 16.1 Å². The number of benzene rings is 2. The van der Waals surface area contributed by atoms with Crippen molar-refractivity contribution in [2.24, 2.45) is 0 Å². The number of sulfonamides is 1. The lowest BCUT2D eigenvalue weighted by Crippen LogP contribution is -2.33. The van der Waals surface area contributed by atoms with Crippen LogP contribution in [0.2, 0.25) is 0 Å². The van der Waals surface area contributed by atoms with Crippen molar-refractivity contribution in [1.82, 2.24) is 0 Å². The highest BCUT2D eigenvalue weighted by atomic mass is 32.2. The highest BCUT2D eigenvalue weighted by Crippen LogP contribution is 2.28. The quantitative estimate of drug-likeness (QED) is 0.693. The Balaban J connectivity index is 1.87. The molecule has 0 aromatic heterocycles. The number of aromatic carboxylic acids is 1. The van der Waals surface area contributed by atoms with Gasteiger partial charge in [0.2, 0.25) is 0 Å². The Labute approximate surface area is 167 Å². The van der Waals surface area contributed by atoms with E-state index in [-0.39, 0.29) is 21.9 Å². The molecule has 0 saturated carbocycles. The lowest BCUT2D eigenvalue weighted by Gasteiger charge is -2.29. The van der Waals surface area contributed by atoms with E-state index in [1.165, 1.54) is 37.3 Å². The normalized spacial score (nSPS) is 14.5. The number of carboxylic acids is 1. The molecule has 28 heavy (non-hydrogen) atoms. The molecule has 0 unspecified atom stereocenters. The lowest BCUT2D eigenvalue weighted by molar-refractivity contribution is 0.0697. The predicted octanol–water partition coefficient (Wildman–Crippen LogP) is 2.94. The molecule has 7 nitrogen and oxygen atoms in total. The summed E-state index contributed by atoms with van der Waals surface area (Å²) in [6.07, 6.45) is 0. The summed E-state index contributed by atoms with van der Waals surface area (Å²) < 4.78 is 27.6. The van der Waals surface area contributed by atoms with E-state index >= 15 is 0 Å². The van der Waals surface area contributed by atoms with Crippen LogP contribution in [0, 0.1) is 0 Å². The minimum Gasteiger partial charge on any atom is -0.478 e. The van der Waals surface area contributed by atoms with Crippen LogP contribution in [0.3, 0.4) is 0 Å². The monoisotopic (exact) mass is 420 g/mol. The van der Waals surface area contributed by atoms with Crippen molar-refractivity contribution >= 4 is 44.9 Å². The number of hydrogen-bond donors (Lipinski definition) is 2. The molecule has 3 rings (SSSR count). The maximum absolute atomic E-state index is 12.6. The zero-order valence-corrected chi connectivity index (χ0v) is 16.8. The van der Waals surface area contributed by atoms with E-state index in [2.05, 4.69) is 4.72 Å². The van der Waals surface area contributed by atoms with Crippen LogP contribution in [0.5, 0.6) is 0 Å². The number of Topliss-reactive ketones (excluding diaryl/α,β-unsaturated/α-hetero) is 1. The van der Waals surface area contributed by atoms with Crippen molar-refractivity contribution in [1.29, 1.82) is 0 Å². The molecule has 9 heteroatoms. The molecule has 1 fully saturated rings. The summed E-state index contributed by atoms with van der Waals surface area (Å²) >= 11 is 1.82. The summed E-state index contributed by atoms with van der Waals surface area (Å²) in [4.78, 5) is 25.0. The molecule has 0 radical (unpaired) electrons. The fourth-order valence-corrected chi connectivity index (χ4v) is 4.89. The van der Waals surface area contributed by atoms with Gasteiger partial charge in [0.15, 0.2) is 5.78 Å². The van der Waals surface area contributed by atoms with E-state index in [4.69, 9.17) is 0 Å². The number of carbonyl (C=O) groups is 2. The third kappa shape index (κ3) is 4.48. The smallest absolute Gasteiger partial charge is 0.337 e. The van der Waals surface area contributed by atoms with Gasteiger partial charge in [-0.3, -0.25) is 9.52 Å². The first-order chi connectivity index (χ1) is 13.3. The SMILES string of the molecule is CC(=O)c1ccc(S(=O)(=O)Nc2ccc(N3CCSCC3)c(C(=O)O)c2)cc1. The number of nitrogens with zero attached hydrogens (tertiary/aromatic N) is 1. The molecule has 0 aliphatic carbocycles. The van der Waals surface area contributed by atoms with Gasteiger partial charge in [0, 0.05) is 35.8 Å². The fourth-order valence-electron chi connectivity index (χ4n) is 2.93.